The zero-order valence-corrected chi connectivity index (χ0v) is 12.2. The Morgan fingerprint density at radius 2 is 1.79 bits per heavy atom. The van der Waals surface area contributed by atoms with E-state index in [-0.39, 0.29) is 17.5 Å². The Balaban J connectivity index is 3.16. The van der Waals surface area contributed by atoms with Crippen LogP contribution in [0.4, 0.5) is 0 Å². The van der Waals surface area contributed by atoms with Gasteiger partial charge >= 0.3 is 0 Å². The van der Waals surface area contributed by atoms with E-state index < -0.39 is 0 Å². The van der Waals surface area contributed by atoms with E-state index in [2.05, 4.69) is 11.4 Å². The number of carbonyl (C=O) groups is 1. The van der Waals surface area contributed by atoms with Gasteiger partial charge in [-0.25, -0.2) is 0 Å². The second kappa shape index (κ2) is 6.19. The molecule has 0 aromatic heterocycles. The minimum absolute atomic E-state index is 0.0186. The van der Waals surface area contributed by atoms with Crippen LogP contribution in [0.5, 0.6) is 0 Å². The third kappa shape index (κ3) is 3.96. The van der Waals surface area contributed by atoms with Crippen molar-refractivity contribution in [2.75, 3.05) is 0 Å². The molecule has 1 N–H and O–H groups in total. The SMILES string of the molecule is Cc1cc(C)c(/C=C(/C#N)C(=O)NC(C)C)cc1C. The van der Waals surface area contributed by atoms with E-state index in [0.717, 1.165) is 16.7 Å². The number of nitrogens with zero attached hydrogens (tertiary/aromatic N) is 1. The Morgan fingerprint density at radius 3 is 2.32 bits per heavy atom. The Morgan fingerprint density at radius 1 is 1.21 bits per heavy atom. The molecule has 0 heterocycles. The second-order valence-corrected chi connectivity index (χ2v) is 5.09. The number of nitrogens with one attached hydrogen (secondary N) is 1. The van der Waals surface area contributed by atoms with Crippen molar-refractivity contribution >= 4 is 12.0 Å². The highest BCUT2D eigenvalue weighted by molar-refractivity contribution is 6.01. The smallest absolute Gasteiger partial charge is 0.262 e. The van der Waals surface area contributed by atoms with Crippen LogP contribution in [0.1, 0.15) is 36.1 Å². The number of carbonyl (C=O) groups excluding carboxylic acids is 1. The topological polar surface area (TPSA) is 52.9 Å². The van der Waals surface area contributed by atoms with Gasteiger partial charge in [-0.05, 0) is 62.9 Å². The summed E-state index contributed by atoms with van der Waals surface area (Å²) in [4.78, 5) is 11.9. The minimum Gasteiger partial charge on any atom is -0.349 e. The summed E-state index contributed by atoms with van der Waals surface area (Å²) in [6.45, 7) is 9.79. The zero-order chi connectivity index (χ0) is 14.6. The molecule has 0 spiro atoms. The van der Waals surface area contributed by atoms with Gasteiger partial charge in [0.2, 0.25) is 0 Å². The van der Waals surface area contributed by atoms with Crippen LogP contribution in [0.3, 0.4) is 0 Å². The number of nitriles is 1. The van der Waals surface area contributed by atoms with Crippen molar-refractivity contribution in [1.29, 1.82) is 5.26 Å². The lowest BCUT2D eigenvalue weighted by molar-refractivity contribution is -0.117. The minimum atomic E-state index is -0.324. The van der Waals surface area contributed by atoms with Crippen molar-refractivity contribution in [3.8, 4) is 6.07 Å². The van der Waals surface area contributed by atoms with E-state index in [1.165, 1.54) is 5.56 Å². The number of hydrogen-bond acceptors (Lipinski definition) is 2. The maximum atomic E-state index is 11.9. The first-order valence-electron chi connectivity index (χ1n) is 6.35. The monoisotopic (exact) mass is 256 g/mol. The zero-order valence-electron chi connectivity index (χ0n) is 12.2. The molecule has 1 amide bonds. The first kappa shape index (κ1) is 15.0. The van der Waals surface area contributed by atoms with Crippen molar-refractivity contribution in [3.63, 3.8) is 0 Å². The molecule has 0 saturated carbocycles. The maximum absolute atomic E-state index is 11.9. The molecule has 0 bridgehead atoms. The quantitative estimate of drug-likeness (QED) is 0.667. The summed E-state index contributed by atoms with van der Waals surface area (Å²) < 4.78 is 0. The lowest BCUT2D eigenvalue weighted by Crippen LogP contribution is -2.30. The van der Waals surface area contributed by atoms with E-state index >= 15 is 0 Å². The van der Waals surface area contributed by atoms with Gasteiger partial charge in [0.15, 0.2) is 0 Å². The van der Waals surface area contributed by atoms with Gasteiger partial charge in [-0.15, -0.1) is 0 Å². The van der Waals surface area contributed by atoms with Crippen molar-refractivity contribution in [2.24, 2.45) is 0 Å². The fourth-order valence-electron chi connectivity index (χ4n) is 1.78. The average Bonchev–Trinajstić information content (AvgIpc) is 2.31. The molecule has 0 fully saturated rings. The summed E-state index contributed by atoms with van der Waals surface area (Å²) >= 11 is 0. The summed E-state index contributed by atoms with van der Waals surface area (Å²) in [7, 11) is 0. The van der Waals surface area contributed by atoms with Crippen molar-refractivity contribution in [1.82, 2.24) is 5.32 Å². The van der Waals surface area contributed by atoms with Gasteiger partial charge in [0.05, 0.1) is 0 Å². The molecule has 3 nitrogen and oxygen atoms in total. The molecule has 0 aliphatic heterocycles. The molecule has 1 aromatic rings. The van der Waals surface area contributed by atoms with Crippen molar-refractivity contribution in [2.45, 2.75) is 40.7 Å². The van der Waals surface area contributed by atoms with Crippen LogP contribution in [0, 0.1) is 32.1 Å². The molecular formula is C16H20N2O. The van der Waals surface area contributed by atoms with Crippen LogP contribution in [-0.2, 0) is 4.79 Å². The predicted octanol–water partition coefficient (Wildman–Crippen LogP) is 3.04. The normalized spacial score (nSPS) is 11.3. The molecule has 0 aliphatic carbocycles. The molecule has 0 radical (unpaired) electrons. The van der Waals surface area contributed by atoms with Crippen LogP contribution in [0.2, 0.25) is 0 Å². The molecule has 1 aromatic carbocycles. The number of benzene rings is 1. The standard InChI is InChI=1S/C16H20N2O/c1-10(2)18-16(19)15(9-17)8-14-7-12(4)11(3)6-13(14)5/h6-8,10H,1-5H3,(H,18,19)/b15-8-. The highest BCUT2D eigenvalue weighted by Gasteiger charge is 2.11. The number of rotatable bonds is 3. The number of aryl methyl sites for hydroxylation is 3. The van der Waals surface area contributed by atoms with Crippen LogP contribution in [0.15, 0.2) is 17.7 Å². The Bertz CT molecular complexity index is 563. The van der Waals surface area contributed by atoms with E-state index in [1.54, 1.807) is 6.08 Å². The van der Waals surface area contributed by atoms with Gasteiger partial charge in [-0.1, -0.05) is 12.1 Å². The van der Waals surface area contributed by atoms with Gasteiger partial charge in [-0.3, -0.25) is 4.79 Å². The van der Waals surface area contributed by atoms with E-state index in [9.17, 15) is 4.79 Å². The first-order valence-corrected chi connectivity index (χ1v) is 6.35. The Labute approximate surface area is 114 Å². The molecule has 0 aliphatic rings. The molecule has 0 atom stereocenters. The van der Waals surface area contributed by atoms with Crippen LogP contribution >= 0.6 is 0 Å². The summed E-state index contributed by atoms with van der Waals surface area (Å²) in [5.74, 6) is -0.324. The lowest BCUT2D eigenvalue weighted by atomic mass is 9.99. The van der Waals surface area contributed by atoms with Gasteiger partial charge in [0.1, 0.15) is 11.6 Å². The van der Waals surface area contributed by atoms with Gasteiger partial charge in [0.25, 0.3) is 5.91 Å². The fraction of sp³-hybridized carbons (Fsp3) is 0.375. The number of hydrogen-bond donors (Lipinski definition) is 1. The maximum Gasteiger partial charge on any atom is 0.262 e. The van der Waals surface area contributed by atoms with Gasteiger partial charge < -0.3 is 5.32 Å². The van der Waals surface area contributed by atoms with Crippen molar-refractivity contribution in [3.05, 3.63) is 40.0 Å². The van der Waals surface area contributed by atoms with Crippen molar-refractivity contribution < 1.29 is 4.79 Å². The lowest BCUT2D eigenvalue weighted by Gasteiger charge is -2.09. The van der Waals surface area contributed by atoms with E-state index in [0.29, 0.717) is 0 Å². The average molecular weight is 256 g/mol. The third-order valence-corrected chi connectivity index (χ3v) is 2.97. The second-order valence-electron chi connectivity index (χ2n) is 5.09. The molecule has 19 heavy (non-hydrogen) atoms. The largest absolute Gasteiger partial charge is 0.349 e. The van der Waals surface area contributed by atoms with E-state index in [4.69, 9.17) is 5.26 Å². The highest BCUT2D eigenvalue weighted by atomic mass is 16.1. The summed E-state index contributed by atoms with van der Waals surface area (Å²) in [5.41, 5.74) is 4.48. The summed E-state index contributed by atoms with van der Waals surface area (Å²) in [6, 6.07) is 6.06. The van der Waals surface area contributed by atoms with Gasteiger partial charge in [0, 0.05) is 6.04 Å². The molecular weight excluding hydrogens is 236 g/mol. The Hall–Kier alpha value is -2.08. The number of amides is 1. The highest BCUT2D eigenvalue weighted by Crippen LogP contribution is 2.18. The summed E-state index contributed by atoms with van der Waals surface area (Å²) in [6.07, 6.45) is 1.65. The van der Waals surface area contributed by atoms with Crippen LogP contribution in [-0.4, -0.2) is 11.9 Å². The molecule has 100 valence electrons. The summed E-state index contributed by atoms with van der Waals surface area (Å²) in [5, 5.41) is 11.8. The van der Waals surface area contributed by atoms with Crippen LogP contribution < -0.4 is 5.32 Å². The fourth-order valence-corrected chi connectivity index (χ4v) is 1.78. The molecule has 0 unspecified atom stereocenters. The van der Waals surface area contributed by atoms with Gasteiger partial charge in [-0.2, -0.15) is 5.26 Å². The van der Waals surface area contributed by atoms with Crippen LogP contribution in [0.25, 0.3) is 6.08 Å². The van der Waals surface area contributed by atoms with E-state index in [1.807, 2.05) is 46.8 Å². The molecule has 3 heteroatoms. The Kier molecular flexibility index (Phi) is 4.88. The molecule has 0 saturated heterocycles. The molecule has 1 rings (SSSR count). The first-order chi connectivity index (χ1) is 8.85. The predicted molar refractivity (Wildman–Crippen MR) is 77.5 cm³/mol. The third-order valence-electron chi connectivity index (χ3n) is 2.97.